The second-order valence-corrected chi connectivity index (χ2v) is 11.8. The van der Waals surface area contributed by atoms with Crippen LogP contribution < -0.4 is 15.5 Å². The van der Waals surface area contributed by atoms with Crippen LogP contribution in [0.25, 0.3) is 0 Å². The zero-order valence-electron chi connectivity index (χ0n) is 21.9. The summed E-state index contributed by atoms with van der Waals surface area (Å²) < 4.78 is -0.670. The lowest BCUT2D eigenvalue weighted by Gasteiger charge is -2.34. The Balaban J connectivity index is 1.36. The van der Waals surface area contributed by atoms with Gasteiger partial charge in [0.15, 0.2) is 0 Å². The first-order chi connectivity index (χ1) is 18.4. The molecule has 1 spiro atoms. The average molecular weight is 537 g/mol. The molecule has 5 atom stereocenters. The molecule has 9 heteroatoms. The number of benzene rings is 2. The minimum atomic E-state index is -0.739. The fourth-order valence-corrected chi connectivity index (χ4v) is 8.78. The van der Waals surface area contributed by atoms with Gasteiger partial charge in [0, 0.05) is 42.8 Å². The van der Waals surface area contributed by atoms with Crippen LogP contribution in [0.1, 0.15) is 32.3 Å². The number of carbonyl (C=O) groups excluding carboxylic acids is 3. The fourth-order valence-electron chi connectivity index (χ4n) is 6.56. The summed E-state index contributed by atoms with van der Waals surface area (Å²) in [5.74, 6) is -1.66. The Morgan fingerprint density at radius 1 is 1.08 bits per heavy atom. The summed E-state index contributed by atoms with van der Waals surface area (Å²) in [4.78, 5) is 44.7. The number of hydrogen-bond acceptors (Lipinski definition) is 6. The van der Waals surface area contributed by atoms with Crippen LogP contribution >= 0.6 is 11.8 Å². The van der Waals surface area contributed by atoms with Crippen LogP contribution in [0.2, 0.25) is 0 Å². The predicted molar refractivity (Wildman–Crippen MR) is 150 cm³/mol. The van der Waals surface area contributed by atoms with Crippen LogP contribution in [-0.4, -0.2) is 70.0 Å². The molecule has 3 aliphatic rings. The van der Waals surface area contributed by atoms with E-state index < -0.39 is 22.6 Å². The molecular weight excluding hydrogens is 500 g/mol. The highest BCUT2D eigenvalue weighted by molar-refractivity contribution is 8.02. The molecule has 2 aromatic carbocycles. The Morgan fingerprint density at radius 2 is 1.79 bits per heavy atom. The largest absolute Gasteiger partial charge is 0.395 e. The molecule has 202 valence electrons. The van der Waals surface area contributed by atoms with E-state index in [1.165, 1.54) is 4.90 Å². The highest BCUT2D eigenvalue weighted by atomic mass is 32.2. The topological polar surface area (TPSA) is 102 Å². The molecule has 2 aromatic rings. The lowest BCUT2D eigenvalue weighted by Crippen LogP contribution is -2.52. The number of aliphatic hydroxyl groups excluding tert-OH is 1. The summed E-state index contributed by atoms with van der Waals surface area (Å²) in [6, 6.07) is 16.7. The number of rotatable bonds is 10. The van der Waals surface area contributed by atoms with Crippen molar-refractivity contribution in [2.45, 2.75) is 49.3 Å². The molecular formula is C29H36N4O4S. The average Bonchev–Trinajstić information content (AvgIpc) is 3.57. The van der Waals surface area contributed by atoms with Gasteiger partial charge in [-0.05, 0) is 56.5 Å². The maximum Gasteiger partial charge on any atom is 0.248 e. The number of aliphatic hydroxyl groups is 1. The first kappa shape index (κ1) is 26.6. The van der Waals surface area contributed by atoms with E-state index in [1.54, 1.807) is 11.8 Å². The van der Waals surface area contributed by atoms with Gasteiger partial charge in [0.05, 0.1) is 23.2 Å². The number of anilines is 2. The van der Waals surface area contributed by atoms with Crippen molar-refractivity contribution >= 4 is 40.9 Å². The molecule has 0 aromatic heterocycles. The molecule has 0 saturated carbocycles. The van der Waals surface area contributed by atoms with E-state index in [1.807, 2.05) is 54.6 Å². The van der Waals surface area contributed by atoms with Gasteiger partial charge >= 0.3 is 0 Å². The molecule has 3 heterocycles. The van der Waals surface area contributed by atoms with E-state index in [4.69, 9.17) is 0 Å². The van der Waals surface area contributed by atoms with E-state index >= 15 is 0 Å². The minimum Gasteiger partial charge on any atom is -0.395 e. The number of fused-ring (bicyclic) bond motifs is 1. The smallest absolute Gasteiger partial charge is 0.248 e. The van der Waals surface area contributed by atoms with E-state index in [0.717, 1.165) is 30.8 Å². The van der Waals surface area contributed by atoms with Gasteiger partial charge in [-0.15, -0.1) is 11.8 Å². The third-order valence-corrected chi connectivity index (χ3v) is 10.2. The third kappa shape index (κ3) is 4.56. The zero-order chi connectivity index (χ0) is 26.9. The van der Waals surface area contributed by atoms with Crippen molar-refractivity contribution in [3.05, 3.63) is 60.2 Å². The van der Waals surface area contributed by atoms with Crippen LogP contribution in [0.5, 0.6) is 0 Å². The van der Waals surface area contributed by atoms with Crippen LogP contribution in [-0.2, 0) is 20.9 Å². The second kappa shape index (κ2) is 11.0. The number of carbonyl (C=O) groups is 3. The van der Waals surface area contributed by atoms with Crippen molar-refractivity contribution in [2.24, 2.45) is 11.8 Å². The lowest BCUT2D eigenvalue weighted by molar-refractivity contribution is -0.139. The van der Waals surface area contributed by atoms with Crippen LogP contribution in [0.15, 0.2) is 54.6 Å². The SMILES string of the molecule is CCN(CC)c1ccc(NC(=O)C2N(CCO)C(=O)[C@@H]3[C@@H](C(=O)NCc4ccccc4)[C@H]4CCC23S4)cc1. The van der Waals surface area contributed by atoms with Crippen molar-refractivity contribution in [2.75, 3.05) is 36.5 Å². The van der Waals surface area contributed by atoms with Crippen molar-refractivity contribution in [3.63, 3.8) is 0 Å². The number of thioether (sulfide) groups is 1. The summed E-state index contributed by atoms with van der Waals surface area (Å²) in [6.07, 6.45) is 1.48. The molecule has 3 aliphatic heterocycles. The van der Waals surface area contributed by atoms with Crippen molar-refractivity contribution < 1.29 is 19.5 Å². The van der Waals surface area contributed by atoms with E-state index in [0.29, 0.717) is 18.7 Å². The van der Waals surface area contributed by atoms with Gasteiger partial charge in [0.25, 0.3) is 0 Å². The van der Waals surface area contributed by atoms with Gasteiger partial charge in [0.2, 0.25) is 17.7 Å². The maximum absolute atomic E-state index is 13.8. The summed E-state index contributed by atoms with van der Waals surface area (Å²) in [5, 5.41) is 15.8. The Hall–Kier alpha value is -3.04. The zero-order valence-corrected chi connectivity index (χ0v) is 22.7. The quantitative estimate of drug-likeness (QED) is 0.432. The summed E-state index contributed by atoms with van der Waals surface area (Å²) in [7, 11) is 0. The molecule has 3 saturated heterocycles. The Kier molecular flexibility index (Phi) is 7.68. The number of likely N-dealkylation sites (tertiary alicyclic amines) is 1. The van der Waals surface area contributed by atoms with E-state index in [9.17, 15) is 19.5 Å². The normalized spacial score (nSPS) is 27.3. The highest BCUT2D eigenvalue weighted by Crippen LogP contribution is 2.66. The highest BCUT2D eigenvalue weighted by Gasteiger charge is 2.73. The Labute approximate surface area is 228 Å². The standard InChI is InChI=1S/C29H36N4O4S/c1-3-32(4-2)21-12-10-20(11-13-21)31-27(36)25-29-15-14-22(38-29)23(24(29)28(37)33(25)16-17-34)26(35)30-18-19-8-6-5-7-9-19/h5-13,22-25,34H,3-4,14-18H2,1-2H3,(H,30,35)(H,31,36)/t22-,23+,24+,25?,29?/m1/s1. The molecule has 0 aliphatic carbocycles. The molecule has 8 nitrogen and oxygen atoms in total. The number of hydrogen-bond donors (Lipinski definition) is 3. The van der Waals surface area contributed by atoms with Crippen molar-refractivity contribution in [1.29, 1.82) is 0 Å². The molecule has 38 heavy (non-hydrogen) atoms. The summed E-state index contributed by atoms with van der Waals surface area (Å²) >= 11 is 1.63. The number of nitrogens with one attached hydrogen (secondary N) is 2. The number of β-amino-alcohol motifs (C(OH)–C–C–N with tert-alkyl or cyclic N) is 1. The first-order valence-electron chi connectivity index (χ1n) is 13.5. The van der Waals surface area contributed by atoms with Gasteiger partial charge in [0.1, 0.15) is 6.04 Å². The fraction of sp³-hybridized carbons (Fsp3) is 0.483. The molecule has 3 fully saturated rings. The molecule has 5 rings (SSSR count). The molecule has 2 bridgehead atoms. The van der Waals surface area contributed by atoms with Crippen molar-refractivity contribution in [3.8, 4) is 0 Å². The van der Waals surface area contributed by atoms with Crippen LogP contribution in [0.4, 0.5) is 11.4 Å². The van der Waals surface area contributed by atoms with Gasteiger partial charge in [-0.1, -0.05) is 30.3 Å². The van der Waals surface area contributed by atoms with Gasteiger partial charge in [-0.2, -0.15) is 0 Å². The van der Waals surface area contributed by atoms with E-state index in [2.05, 4.69) is 29.4 Å². The first-order valence-corrected chi connectivity index (χ1v) is 14.4. The number of amides is 3. The van der Waals surface area contributed by atoms with Crippen LogP contribution in [0, 0.1) is 11.8 Å². The van der Waals surface area contributed by atoms with Gasteiger partial charge in [-0.25, -0.2) is 0 Å². The van der Waals surface area contributed by atoms with E-state index in [-0.39, 0.29) is 36.1 Å². The van der Waals surface area contributed by atoms with Gasteiger partial charge < -0.3 is 25.5 Å². The maximum atomic E-state index is 13.8. The minimum absolute atomic E-state index is 0.000320. The second-order valence-electron chi connectivity index (χ2n) is 10.2. The third-order valence-electron chi connectivity index (χ3n) is 8.27. The summed E-state index contributed by atoms with van der Waals surface area (Å²) in [6.45, 7) is 6.22. The van der Waals surface area contributed by atoms with Crippen LogP contribution in [0.3, 0.4) is 0 Å². The molecule has 3 N–H and O–H groups in total. The Morgan fingerprint density at radius 3 is 2.45 bits per heavy atom. The summed E-state index contributed by atoms with van der Waals surface area (Å²) in [5.41, 5.74) is 2.74. The molecule has 2 unspecified atom stereocenters. The Bertz CT molecular complexity index is 1170. The van der Waals surface area contributed by atoms with Crippen molar-refractivity contribution in [1.82, 2.24) is 10.2 Å². The molecule has 0 radical (unpaired) electrons. The lowest BCUT2D eigenvalue weighted by atomic mass is 9.70. The monoisotopic (exact) mass is 536 g/mol. The molecule has 3 amide bonds. The van der Waals surface area contributed by atoms with Gasteiger partial charge in [-0.3, -0.25) is 14.4 Å². The number of nitrogens with zero attached hydrogens (tertiary/aromatic N) is 2. The predicted octanol–water partition coefficient (Wildman–Crippen LogP) is 2.87.